The molecule has 0 unspecified atom stereocenters. The Hall–Kier alpha value is -4.39. The molecule has 3 aromatic carbocycles. The highest BCUT2D eigenvalue weighted by molar-refractivity contribution is 6.05. The molecule has 7 heteroatoms. The van der Waals surface area contributed by atoms with Gasteiger partial charge in [-0.05, 0) is 55.5 Å². The van der Waals surface area contributed by atoms with Gasteiger partial charge in [-0.15, -0.1) is 0 Å². The first kappa shape index (κ1) is 21.8. The molecule has 0 aliphatic carbocycles. The normalized spacial score (nSPS) is 10.4. The molecule has 7 nitrogen and oxygen atoms in total. The summed E-state index contributed by atoms with van der Waals surface area (Å²) in [5, 5.41) is 2.91. The van der Waals surface area contributed by atoms with Crippen LogP contribution in [-0.4, -0.2) is 29.6 Å². The lowest BCUT2D eigenvalue weighted by molar-refractivity contribution is 0.102. The van der Waals surface area contributed by atoms with E-state index in [1.54, 1.807) is 43.5 Å². The lowest BCUT2D eigenvalue weighted by Gasteiger charge is -2.12. The standard InChI is InChI=1S/C26H23N3O4/c1-3-32-24-10-5-4-9-22(24)29-26(30)19-8-6-7-18(15-19)23-16-25(28-17-27-23)33-21-13-11-20(31-2)12-14-21/h4-17H,3H2,1-2H3,(H,29,30). The Bertz CT molecular complexity index is 1240. The van der Waals surface area contributed by atoms with Gasteiger partial charge >= 0.3 is 0 Å². The Labute approximate surface area is 192 Å². The molecule has 166 valence electrons. The van der Waals surface area contributed by atoms with Crippen LogP contribution in [0.15, 0.2) is 85.2 Å². The van der Waals surface area contributed by atoms with E-state index in [9.17, 15) is 4.79 Å². The summed E-state index contributed by atoms with van der Waals surface area (Å²) in [4.78, 5) is 21.4. The number of aromatic nitrogens is 2. The Morgan fingerprint density at radius 1 is 0.909 bits per heavy atom. The molecule has 0 bridgehead atoms. The Kier molecular flexibility index (Phi) is 6.80. The molecule has 0 saturated heterocycles. The van der Waals surface area contributed by atoms with E-state index >= 15 is 0 Å². The van der Waals surface area contributed by atoms with E-state index in [0.717, 1.165) is 11.3 Å². The van der Waals surface area contributed by atoms with Crippen molar-refractivity contribution in [3.05, 3.63) is 90.8 Å². The van der Waals surface area contributed by atoms with Crippen LogP contribution in [0.25, 0.3) is 11.3 Å². The minimum absolute atomic E-state index is 0.243. The van der Waals surface area contributed by atoms with Crippen molar-refractivity contribution in [1.82, 2.24) is 9.97 Å². The predicted octanol–water partition coefficient (Wildman–Crippen LogP) is 5.60. The summed E-state index contributed by atoms with van der Waals surface area (Å²) >= 11 is 0. The summed E-state index contributed by atoms with van der Waals surface area (Å²) in [6, 6.07) is 23.5. The fourth-order valence-electron chi connectivity index (χ4n) is 3.18. The highest BCUT2D eigenvalue weighted by atomic mass is 16.5. The van der Waals surface area contributed by atoms with Crippen LogP contribution >= 0.6 is 0 Å². The van der Waals surface area contributed by atoms with E-state index < -0.39 is 0 Å². The largest absolute Gasteiger partial charge is 0.497 e. The number of ether oxygens (including phenoxy) is 3. The molecular formula is C26H23N3O4. The summed E-state index contributed by atoms with van der Waals surface area (Å²) in [5.74, 6) is 2.14. The molecule has 0 saturated carbocycles. The molecule has 4 aromatic rings. The number of benzene rings is 3. The van der Waals surface area contributed by atoms with Crippen LogP contribution in [-0.2, 0) is 0 Å². The first-order valence-electron chi connectivity index (χ1n) is 10.4. The van der Waals surface area contributed by atoms with Gasteiger partial charge in [0.05, 0.1) is 25.1 Å². The number of anilines is 1. The fraction of sp³-hybridized carbons (Fsp3) is 0.115. The molecule has 0 spiro atoms. The lowest BCUT2D eigenvalue weighted by Crippen LogP contribution is -2.13. The van der Waals surface area contributed by atoms with E-state index in [1.165, 1.54) is 6.33 Å². The van der Waals surface area contributed by atoms with Crippen LogP contribution in [0, 0.1) is 0 Å². The number of hydrogen-bond donors (Lipinski definition) is 1. The van der Waals surface area contributed by atoms with Crippen molar-refractivity contribution >= 4 is 11.6 Å². The smallest absolute Gasteiger partial charge is 0.255 e. The van der Waals surface area contributed by atoms with Gasteiger partial charge in [-0.1, -0.05) is 24.3 Å². The van der Waals surface area contributed by atoms with Gasteiger partial charge in [0.1, 0.15) is 23.6 Å². The van der Waals surface area contributed by atoms with Gasteiger partial charge in [0.15, 0.2) is 0 Å². The number of hydrogen-bond acceptors (Lipinski definition) is 6. The minimum atomic E-state index is -0.243. The molecule has 1 aromatic heterocycles. The van der Waals surface area contributed by atoms with Crippen molar-refractivity contribution in [2.24, 2.45) is 0 Å². The number of nitrogens with one attached hydrogen (secondary N) is 1. The first-order valence-corrected chi connectivity index (χ1v) is 10.4. The average Bonchev–Trinajstić information content (AvgIpc) is 2.86. The van der Waals surface area contributed by atoms with Gasteiger partial charge in [0.2, 0.25) is 5.88 Å². The fourth-order valence-corrected chi connectivity index (χ4v) is 3.18. The van der Waals surface area contributed by atoms with Crippen LogP contribution in [0.4, 0.5) is 5.69 Å². The molecule has 0 fully saturated rings. The van der Waals surface area contributed by atoms with Crippen molar-refractivity contribution in [3.8, 4) is 34.4 Å². The zero-order valence-electron chi connectivity index (χ0n) is 18.3. The Balaban J connectivity index is 1.53. The maximum absolute atomic E-state index is 12.9. The molecule has 0 aliphatic heterocycles. The second-order valence-corrected chi connectivity index (χ2v) is 6.98. The molecule has 0 atom stereocenters. The first-order chi connectivity index (χ1) is 16.2. The Morgan fingerprint density at radius 2 is 1.70 bits per heavy atom. The van der Waals surface area contributed by atoms with Gasteiger partial charge in [-0.25, -0.2) is 9.97 Å². The zero-order chi connectivity index (χ0) is 23.0. The molecule has 33 heavy (non-hydrogen) atoms. The monoisotopic (exact) mass is 441 g/mol. The summed E-state index contributed by atoms with van der Waals surface area (Å²) in [5.41, 5.74) is 2.52. The highest BCUT2D eigenvalue weighted by Crippen LogP contribution is 2.27. The van der Waals surface area contributed by atoms with Gasteiger partial charge in [0, 0.05) is 17.2 Å². The van der Waals surface area contributed by atoms with Crippen LogP contribution in [0.1, 0.15) is 17.3 Å². The van der Waals surface area contributed by atoms with Crippen LogP contribution in [0.5, 0.6) is 23.1 Å². The SMILES string of the molecule is CCOc1ccccc1NC(=O)c1cccc(-c2cc(Oc3ccc(OC)cc3)ncn2)c1. The third kappa shape index (κ3) is 5.46. The van der Waals surface area contributed by atoms with Crippen molar-refractivity contribution in [2.75, 3.05) is 19.0 Å². The summed E-state index contributed by atoms with van der Waals surface area (Å²) < 4.78 is 16.6. The van der Waals surface area contributed by atoms with Gasteiger partial charge in [0.25, 0.3) is 5.91 Å². The molecule has 0 radical (unpaired) electrons. The van der Waals surface area contributed by atoms with E-state index in [-0.39, 0.29) is 5.91 Å². The van der Waals surface area contributed by atoms with E-state index in [0.29, 0.717) is 40.9 Å². The number of nitrogens with zero attached hydrogens (tertiary/aromatic N) is 2. The topological polar surface area (TPSA) is 82.6 Å². The number of rotatable bonds is 8. The maximum Gasteiger partial charge on any atom is 0.255 e. The quantitative estimate of drug-likeness (QED) is 0.383. The number of amides is 1. The van der Waals surface area contributed by atoms with E-state index in [1.807, 2.05) is 49.4 Å². The maximum atomic E-state index is 12.9. The number of methoxy groups -OCH3 is 1. The molecule has 1 amide bonds. The van der Waals surface area contributed by atoms with E-state index in [2.05, 4.69) is 15.3 Å². The summed E-state index contributed by atoms with van der Waals surface area (Å²) in [6.45, 7) is 2.41. The predicted molar refractivity (Wildman–Crippen MR) is 126 cm³/mol. The average molecular weight is 441 g/mol. The van der Waals surface area contributed by atoms with Crippen LogP contribution in [0.3, 0.4) is 0 Å². The second kappa shape index (κ2) is 10.3. The number of carbonyl (C=O) groups is 1. The van der Waals surface area contributed by atoms with Gasteiger partial charge < -0.3 is 19.5 Å². The molecule has 1 heterocycles. The van der Waals surface area contributed by atoms with Crippen molar-refractivity contribution in [2.45, 2.75) is 6.92 Å². The lowest BCUT2D eigenvalue weighted by atomic mass is 10.1. The zero-order valence-corrected chi connectivity index (χ0v) is 18.3. The molecular weight excluding hydrogens is 418 g/mol. The number of carbonyl (C=O) groups excluding carboxylic acids is 1. The molecule has 0 aliphatic rings. The minimum Gasteiger partial charge on any atom is -0.497 e. The van der Waals surface area contributed by atoms with Crippen LogP contribution in [0.2, 0.25) is 0 Å². The highest BCUT2D eigenvalue weighted by Gasteiger charge is 2.12. The molecule has 4 rings (SSSR count). The van der Waals surface area contributed by atoms with Crippen LogP contribution < -0.4 is 19.5 Å². The third-order valence-corrected chi connectivity index (χ3v) is 4.78. The summed E-state index contributed by atoms with van der Waals surface area (Å²) in [7, 11) is 1.61. The number of para-hydroxylation sites is 2. The van der Waals surface area contributed by atoms with Gasteiger partial charge in [-0.3, -0.25) is 4.79 Å². The second-order valence-electron chi connectivity index (χ2n) is 6.98. The van der Waals surface area contributed by atoms with Crippen molar-refractivity contribution < 1.29 is 19.0 Å². The third-order valence-electron chi connectivity index (χ3n) is 4.78. The van der Waals surface area contributed by atoms with Crippen molar-refractivity contribution in [1.29, 1.82) is 0 Å². The van der Waals surface area contributed by atoms with Crippen molar-refractivity contribution in [3.63, 3.8) is 0 Å². The van der Waals surface area contributed by atoms with E-state index in [4.69, 9.17) is 14.2 Å². The van der Waals surface area contributed by atoms with Gasteiger partial charge in [-0.2, -0.15) is 0 Å². The molecule has 1 N–H and O–H groups in total. The summed E-state index contributed by atoms with van der Waals surface area (Å²) in [6.07, 6.45) is 1.43. The Morgan fingerprint density at radius 3 is 2.48 bits per heavy atom.